The molecule has 2 rings (SSSR count). The number of nitrogens with zero attached hydrogens (tertiary/aromatic N) is 2. The number of aromatic nitrogens is 2. The molecule has 0 aliphatic rings. The fourth-order valence-corrected chi connectivity index (χ4v) is 2.54. The summed E-state index contributed by atoms with van der Waals surface area (Å²) in [6, 6.07) is 5.76. The number of hydrogen-bond donors (Lipinski definition) is 1. The first kappa shape index (κ1) is 12.8. The maximum absolute atomic E-state index is 5.82. The van der Waals surface area contributed by atoms with E-state index in [0.29, 0.717) is 6.61 Å². The number of nitrogen functional groups attached to an aromatic ring is 1. The van der Waals surface area contributed by atoms with Gasteiger partial charge in [0.1, 0.15) is 5.75 Å². The van der Waals surface area contributed by atoms with Crippen LogP contribution < -0.4 is 10.5 Å². The third kappa shape index (κ3) is 3.20. The van der Waals surface area contributed by atoms with Gasteiger partial charge in [-0.15, -0.1) is 11.8 Å². The standard InChI is InChI=1S/C13H17N3OS/c1-3-17-13-5-4-11(14)6-10(13)9-18-12-7-15-16(2)8-12/h4-8H,3,9,14H2,1-2H3. The fourth-order valence-electron chi connectivity index (χ4n) is 1.64. The Morgan fingerprint density at radius 2 is 2.28 bits per heavy atom. The summed E-state index contributed by atoms with van der Waals surface area (Å²) in [5.41, 5.74) is 7.70. The summed E-state index contributed by atoms with van der Waals surface area (Å²) in [5, 5.41) is 4.15. The van der Waals surface area contributed by atoms with Crippen LogP contribution in [-0.2, 0) is 12.8 Å². The maximum Gasteiger partial charge on any atom is 0.123 e. The predicted molar refractivity (Wildman–Crippen MR) is 74.8 cm³/mol. The topological polar surface area (TPSA) is 53.1 Å². The van der Waals surface area contributed by atoms with Crippen molar-refractivity contribution in [2.75, 3.05) is 12.3 Å². The monoisotopic (exact) mass is 263 g/mol. The lowest BCUT2D eigenvalue weighted by Gasteiger charge is -2.10. The van der Waals surface area contributed by atoms with Crippen LogP contribution in [-0.4, -0.2) is 16.4 Å². The molecule has 2 aromatic rings. The predicted octanol–water partition coefficient (Wildman–Crippen LogP) is 2.69. The highest BCUT2D eigenvalue weighted by Crippen LogP contribution is 2.29. The van der Waals surface area contributed by atoms with E-state index in [0.717, 1.165) is 27.6 Å². The second-order valence-corrected chi connectivity index (χ2v) is 4.99. The van der Waals surface area contributed by atoms with E-state index in [9.17, 15) is 0 Å². The van der Waals surface area contributed by atoms with Crippen molar-refractivity contribution >= 4 is 17.4 Å². The van der Waals surface area contributed by atoms with Crippen LogP contribution in [0, 0.1) is 0 Å². The summed E-state index contributed by atoms with van der Waals surface area (Å²) in [5.74, 6) is 1.73. The van der Waals surface area contributed by atoms with E-state index in [4.69, 9.17) is 10.5 Å². The van der Waals surface area contributed by atoms with Crippen molar-refractivity contribution in [3.63, 3.8) is 0 Å². The van der Waals surface area contributed by atoms with E-state index < -0.39 is 0 Å². The summed E-state index contributed by atoms with van der Waals surface area (Å²) >= 11 is 1.72. The molecule has 0 aliphatic heterocycles. The molecule has 0 amide bonds. The second-order valence-electron chi connectivity index (χ2n) is 3.94. The highest BCUT2D eigenvalue weighted by Gasteiger charge is 2.06. The third-order valence-corrected chi connectivity index (χ3v) is 3.46. The minimum atomic E-state index is 0.661. The molecule has 0 bridgehead atoms. The largest absolute Gasteiger partial charge is 0.494 e. The normalized spacial score (nSPS) is 10.6. The minimum Gasteiger partial charge on any atom is -0.494 e. The number of thioether (sulfide) groups is 1. The van der Waals surface area contributed by atoms with Crippen LogP contribution in [0.25, 0.3) is 0 Å². The van der Waals surface area contributed by atoms with Gasteiger partial charge in [-0.2, -0.15) is 5.10 Å². The van der Waals surface area contributed by atoms with Crippen molar-refractivity contribution in [3.05, 3.63) is 36.2 Å². The van der Waals surface area contributed by atoms with Crippen LogP contribution in [0.5, 0.6) is 5.75 Å². The van der Waals surface area contributed by atoms with Crippen LogP contribution in [0.4, 0.5) is 5.69 Å². The van der Waals surface area contributed by atoms with Gasteiger partial charge >= 0.3 is 0 Å². The Morgan fingerprint density at radius 1 is 1.44 bits per heavy atom. The summed E-state index contributed by atoms with van der Waals surface area (Å²) in [4.78, 5) is 1.14. The van der Waals surface area contributed by atoms with Gasteiger partial charge in [-0.1, -0.05) is 0 Å². The molecule has 1 heterocycles. The molecule has 0 aliphatic carbocycles. The molecule has 1 aromatic heterocycles. The smallest absolute Gasteiger partial charge is 0.123 e. The van der Waals surface area contributed by atoms with Gasteiger partial charge in [-0.05, 0) is 25.1 Å². The zero-order valence-electron chi connectivity index (χ0n) is 10.6. The molecule has 0 atom stereocenters. The summed E-state index contributed by atoms with van der Waals surface area (Å²) in [7, 11) is 1.91. The SMILES string of the molecule is CCOc1ccc(N)cc1CSc1cnn(C)c1. The zero-order chi connectivity index (χ0) is 13.0. The molecule has 2 N–H and O–H groups in total. The highest BCUT2D eigenvalue weighted by molar-refractivity contribution is 7.98. The van der Waals surface area contributed by atoms with Crippen molar-refractivity contribution in [1.29, 1.82) is 0 Å². The van der Waals surface area contributed by atoms with Gasteiger partial charge in [0, 0.05) is 35.1 Å². The van der Waals surface area contributed by atoms with Gasteiger partial charge in [0.15, 0.2) is 0 Å². The summed E-state index contributed by atoms with van der Waals surface area (Å²) in [6.07, 6.45) is 3.86. The molecule has 0 radical (unpaired) electrons. The van der Waals surface area contributed by atoms with Crippen LogP contribution in [0.1, 0.15) is 12.5 Å². The molecular weight excluding hydrogens is 246 g/mol. The summed E-state index contributed by atoms with van der Waals surface area (Å²) in [6.45, 7) is 2.64. The Bertz CT molecular complexity index is 525. The lowest BCUT2D eigenvalue weighted by atomic mass is 10.2. The molecule has 0 spiro atoms. The molecule has 18 heavy (non-hydrogen) atoms. The number of rotatable bonds is 5. The van der Waals surface area contributed by atoms with Gasteiger partial charge in [-0.25, -0.2) is 0 Å². The zero-order valence-corrected chi connectivity index (χ0v) is 11.4. The van der Waals surface area contributed by atoms with Crippen LogP contribution in [0.2, 0.25) is 0 Å². The number of anilines is 1. The van der Waals surface area contributed by atoms with E-state index in [1.165, 1.54) is 0 Å². The van der Waals surface area contributed by atoms with E-state index in [2.05, 4.69) is 5.10 Å². The Hall–Kier alpha value is -1.62. The van der Waals surface area contributed by atoms with Crippen molar-refractivity contribution < 1.29 is 4.74 Å². The van der Waals surface area contributed by atoms with Gasteiger partial charge < -0.3 is 10.5 Å². The maximum atomic E-state index is 5.82. The average Bonchev–Trinajstić information content (AvgIpc) is 2.76. The van der Waals surface area contributed by atoms with Gasteiger partial charge in [0.05, 0.1) is 12.8 Å². The van der Waals surface area contributed by atoms with Gasteiger partial charge in [-0.3, -0.25) is 4.68 Å². The molecule has 0 saturated heterocycles. The molecule has 5 heteroatoms. The molecule has 1 aromatic carbocycles. The second kappa shape index (κ2) is 5.82. The highest BCUT2D eigenvalue weighted by atomic mass is 32.2. The average molecular weight is 263 g/mol. The van der Waals surface area contributed by atoms with Crippen molar-refractivity contribution in [2.45, 2.75) is 17.6 Å². The minimum absolute atomic E-state index is 0.661. The van der Waals surface area contributed by atoms with Gasteiger partial charge in [0.2, 0.25) is 0 Å². The molecule has 0 saturated carbocycles. The lowest BCUT2D eigenvalue weighted by molar-refractivity contribution is 0.337. The van der Waals surface area contributed by atoms with E-state index >= 15 is 0 Å². The van der Waals surface area contributed by atoms with Crippen molar-refractivity contribution in [3.8, 4) is 5.75 Å². The van der Waals surface area contributed by atoms with E-state index in [1.54, 1.807) is 16.4 Å². The number of aryl methyl sites for hydroxylation is 1. The Labute approximate surface area is 111 Å². The van der Waals surface area contributed by atoms with Crippen molar-refractivity contribution in [2.24, 2.45) is 7.05 Å². The van der Waals surface area contributed by atoms with E-state index in [1.807, 2.05) is 44.6 Å². The van der Waals surface area contributed by atoms with Crippen LogP contribution >= 0.6 is 11.8 Å². The Morgan fingerprint density at radius 3 is 2.94 bits per heavy atom. The van der Waals surface area contributed by atoms with Crippen molar-refractivity contribution in [1.82, 2.24) is 9.78 Å². The number of benzene rings is 1. The van der Waals surface area contributed by atoms with E-state index in [-0.39, 0.29) is 0 Å². The van der Waals surface area contributed by atoms with Gasteiger partial charge in [0.25, 0.3) is 0 Å². The Kier molecular flexibility index (Phi) is 4.15. The van der Waals surface area contributed by atoms with Crippen LogP contribution in [0.3, 0.4) is 0 Å². The number of hydrogen-bond acceptors (Lipinski definition) is 4. The molecule has 96 valence electrons. The van der Waals surface area contributed by atoms with Crippen LogP contribution in [0.15, 0.2) is 35.5 Å². The summed E-state index contributed by atoms with van der Waals surface area (Å²) < 4.78 is 7.39. The lowest BCUT2D eigenvalue weighted by Crippen LogP contribution is -1.97. The quantitative estimate of drug-likeness (QED) is 0.665. The number of ether oxygens (including phenoxy) is 1. The first-order valence-electron chi connectivity index (χ1n) is 5.81. The molecule has 0 unspecified atom stereocenters. The number of nitrogens with two attached hydrogens (primary N) is 1. The first-order chi connectivity index (χ1) is 8.69. The third-order valence-electron chi connectivity index (χ3n) is 2.46. The molecule has 0 fully saturated rings. The molecular formula is C13H17N3OS. The molecule has 4 nitrogen and oxygen atoms in total. The Balaban J connectivity index is 2.09. The first-order valence-corrected chi connectivity index (χ1v) is 6.80. The fraction of sp³-hybridized carbons (Fsp3) is 0.308.